The van der Waals surface area contributed by atoms with E-state index in [0.29, 0.717) is 6.54 Å². The molecule has 0 aliphatic rings. The first-order chi connectivity index (χ1) is 8.00. The molecule has 0 amide bonds. The van der Waals surface area contributed by atoms with Crippen molar-refractivity contribution in [2.24, 2.45) is 5.73 Å². The van der Waals surface area contributed by atoms with Gasteiger partial charge in [-0.25, -0.2) is 0 Å². The number of rotatable bonds is 7. The van der Waals surface area contributed by atoms with Gasteiger partial charge >= 0.3 is 0 Å². The molecule has 0 aliphatic carbocycles. The number of ether oxygens (including phenoxy) is 1. The first-order valence-corrected chi connectivity index (χ1v) is 6.76. The van der Waals surface area contributed by atoms with Gasteiger partial charge in [0.05, 0.1) is 5.60 Å². The van der Waals surface area contributed by atoms with Crippen molar-refractivity contribution >= 4 is 11.8 Å². The van der Waals surface area contributed by atoms with Gasteiger partial charge in [-0.15, -0.1) is 10.2 Å². The molecule has 2 N–H and O–H groups in total. The summed E-state index contributed by atoms with van der Waals surface area (Å²) < 4.78 is 7.44. The Kier molecular flexibility index (Phi) is 5.42. The van der Waals surface area contributed by atoms with Gasteiger partial charge in [-0.3, -0.25) is 0 Å². The van der Waals surface area contributed by atoms with E-state index in [-0.39, 0.29) is 5.60 Å². The van der Waals surface area contributed by atoms with E-state index in [0.717, 1.165) is 29.7 Å². The van der Waals surface area contributed by atoms with Crippen LogP contribution in [0.25, 0.3) is 0 Å². The normalized spacial score (nSPS) is 12.1. The SMILES string of the molecule is COC(C)(C)CCSc1nnc(C)n1CCN. The van der Waals surface area contributed by atoms with Crippen LogP contribution < -0.4 is 5.73 Å². The lowest BCUT2D eigenvalue weighted by molar-refractivity contribution is 0.0206. The molecule has 0 unspecified atom stereocenters. The highest BCUT2D eigenvalue weighted by atomic mass is 32.2. The van der Waals surface area contributed by atoms with Gasteiger partial charge in [0, 0.05) is 26.0 Å². The zero-order valence-corrected chi connectivity index (χ0v) is 11.9. The minimum absolute atomic E-state index is 0.0826. The Balaban J connectivity index is 2.52. The van der Waals surface area contributed by atoms with Crippen molar-refractivity contribution in [3.8, 4) is 0 Å². The average Bonchev–Trinajstić information content (AvgIpc) is 2.62. The van der Waals surface area contributed by atoms with Crippen LogP contribution in [0.15, 0.2) is 5.16 Å². The predicted molar refractivity (Wildman–Crippen MR) is 70.2 cm³/mol. The highest BCUT2D eigenvalue weighted by Gasteiger charge is 2.17. The van der Waals surface area contributed by atoms with E-state index >= 15 is 0 Å². The smallest absolute Gasteiger partial charge is 0.191 e. The van der Waals surface area contributed by atoms with Crippen molar-refractivity contribution in [3.63, 3.8) is 0 Å². The van der Waals surface area contributed by atoms with Gasteiger partial charge in [-0.1, -0.05) is 11.8 Å². The van der Waals surface area contributed by atoms with Gasteiger partial charge in [0.25, 0.3) is 0 Å². The van der Waals surface area contributed by atoms with Crippen molar-refractivity contribution in [1.29, 1.82) is 0 Å². The number of hydrogen-bond acceptors (Lipinski definition) is 5. The molecule has 98 valence electrons. The summed E-state index contributed by atoms with van der Waals surface area (Å²) in [6, 6.07) is 0. The van der Waals surface area contributed by atoms with Crippen molar-refractivity contribution in [2.75, 3.05) is 19.4 Å². The summed E-state index contributed by atoms with van der Waals surface area (Å²) in [5.74, 6) is 1.88. The maximum Gasteiger partial charge on any atom is 0.191 e. The number of aromatic nitrogens is 3. The van der Waals surface area contributed by atoms with Crippen LogP contribution in [0.1, 0.15) is 26.1 Å². The van der Waals surface area contributed by atoms with Crippen LogP contribution in [0.3, 0.4) is 0 Å². The van der Waals surface area contributed by atoms with Crippen LogP contribution in [0.5, 0.6) is 0 Å². The lowest BCUT2D eigenvalue weighted by Gasteiger charge is -2.22. The molecule has 0 fully saturated rings. The second-order valence-electron chi connectivity index (χ2n) is 4.53. The minimum Gasteiger partial charge on any atom is -0.379 e. The van der Waals surface area contributed by atoms with E-state index in [1.807, 2.05) is 6.92 Å². The summed E-state index contributed by atoms with van der Waals surface area (Å²) in [7, 11) is 1.74. The van der Waals surface area contributed by atoms with Gasteiger partial charge in [-0.05, 0) is 27.2 Å². The Hall–Kier alpha value is -0.590. The van der Waals surface area contributed by atoms with Crippen LogP contribution >= 0.6 is 11.8 Å². The quantitative estimate of drug-likeness (QED) is 0.750. The van der Waals surface area contributed by atoms with Crippen LogP contribution in [-0.2, 0) is 11.3 Å². The summed E-state index contributed by atoms with van der Waals surface area (Å²) in [6.45, 7) is 7.50. The average molecular weight is 258 g/mol. The molecular formula is C11H22N4OS. The fourth-order valence-corrected chi connectivity index (χ4v) is 2.60. The monoisotopic (exact) mass is 258 g/mol. The molecule has 0 saturated carbocycles. The van der Waals surface area contributed by atoms with E-state index in [2.05, 4.69) is 28.6 Å². The molecule has 5 nitrogen and oxygen atoms in total. The lowest BCUT2D eigenvalue weighted by atomic mass is 10.1. The molecule has 0 aromatic carbocycles. The van der Waals surface area contributed by atoms with Gasteiger partial charge in [-0.2, -0.15) is 0 Å². The molecule has 6 heteroatoms. The number of nitrogens with zero attached hydrogens (tertiary/aromatic N) is 3. The summed E-state index contributed by atoms with van der Waals surface area (Å²) in [5, 5.41) is 9.18. The molecule has 0 bridgehead atoms. The number of hydrogen-bond donors (Lipinski definition) is 1. The Morgan fingerprint density at radius 1 is 1.41 bits per heavy atom. The second kappa shape index (κ2) is 6.37. The number of methoxy groups -OCH3 is 1. The lowest BCUT2D eigenvalue weighted by Crippen LogP contribution is -2.23. The van der Waals surface area contributed by atoms with Crippen molar-refractivity contribution < 1.29 is 4.74 Å². The van der Waals surface area contributed by atoms with Gasteiger partial charge in [0.1, 0.15) is 5.82 Å². The maximum absolute atomic E-state index is 5.57. The van der Waals surface area contributed by atoms with Crippen molar-refractivity contribution in [2.45, 2.75) is 44.5 Å². The summed E-state index contributed by atoms with van der Waals surface area (Å²) in [5.41, 5.74) is 5.49. The molecule has 1 rings (SSSR count). The first kappa shape index (κ1) is 14.5. The topological polar surface area (TPSA) is 66.0 Å². The Labute approximate surface area is 107 Å². The first-order valence-electron chi connectivity index (χ1n) is 5.78. The summed E-state index contributed by atoms with van der Waals surface area (Å²) in [6.07, 6.45) is 0.975. The minimum atomic E-state index is -0.0826. The van der Waals surface area contributed by atoms with Gasteiger partial charge < -0.3 is 15.0 Å². The third-order valence-electron chi connectivity index (χ3n) is 2.74. The molecule has 0 spiro atoms. The highest BCUT2D eigenvalue weighted by molar-refractivity contribution is 7.99. The van der Waals surface area contributed by atoms with Crippen LogP contribution in [-0.4, -0.2) is 39.8 Å². The standard InChI is InChI=1S/C11H22N4OS/c1-9-13-14-10(15(9)7-6-12)17-8-5-11(2,3)16-4/h5-8,12H2,1-4H3. The third-order valence-corrected chi connectivity index (χ3v) is 3.71. The van der Waals surface area contributed by atoms with E-state index in [4.69, 9.17) is 10.5 Å². The fraction of sp³-hybridized carbons (Fsp3) is 0.818. The largest absolute Gasteiger partial charge is 0.379 e. The van der Waals surface area contributed by atoms with Crippen LogP contribution in [0.2, 0.25) is 0 Å². The summed E-state index contributed by atoms with van der Waals surface area (Å²) in [4.78, 5) is 0. The van der Waals surface area contributed by atoms with Crippen molar-refractivity contribution in [3.05, 3.63) is 5.82 Å². The number of thioether (sulfide) groups is 1. The fourth-order valence-electron chi connectivity index (χ4n) is 1.35. The maximum atomic E-state index is 5.57. The second-order valence-corrected chi connectivity index (χ2v) is 5.59. The predicted octanol–water partition coefficient (Wildman–Crippen LogP) is 1.45. The number of aryl methyl sites for hydroxylation is 1. The molecule has 17 heavy (non-hydrogen) atoms. The van der Waals surface area contributed by atoms with E-state index < -0.39 is 0 Å². The molecule has 1 aromatic heterocycles. The Bertz CT molecular complexity index is 351. The van der Waals surface area contributed by atoms with Gasteiger partial charge in [0.15, 0.2) is 5.16 Å². The van der Waals surface area contributed by atoms with Crippen LogP contribution in [0, 0.1) is 6.92 Å². The summed E-state index contributed by atoms with van der Waals surface area (Å²) >= 11 is 1.70. The van der Waals surface area contributed by atoms with E-state index in [1.165, 1.54) is 0 Å². The van der Waals surface area contributed by atoms with E-state index in [1.54, 1.807) is 18.9 Å². The zero-order chi connectivity index (χ0) is 12.9. The third kappa shape index (κ3) is 4.29. The number of nitrogens with two attached hydrogens (primary N) is 1. The van der Waals surface area contributed by atoms with Crippen molar-refractivity contribution in [1.82, 2.24) is 14.8 Å². The molecule has 0 aliphatic heterocycles. The van der Waals surface area contributed by atoms with E-state index in [9.17, 15) is 0 Å². The molecule has 0 atom stereocenters. The highest BCUT2D eigenvalue weighted by Crippen LogP contribution is 2.22. The van der Waals surface area contributed by atoms with Gasteiger partial charge in [0.2, 0.25) is 0 Å². The van der Waals surface area contributed by atoms with Crippen LogP contribution in [0.4, 0.5) is 0 Å². The zero-order valence-electron chi connectivity index (χ0n) is 11.1. The molecule has 0 saturated heterocycles. The molecule has 1 heterocycles. The Morgan fingerprint density at radius 2 is 2.12 bits per heavy atom. The molecule has 1 aromatic rings. The Morgan fingerprint density at radius 3 is 2.71 bits per heavy atom. The molecular weight excluding hydrogens is 236 g/mol. The molecule has 0 radical (unpaired) electrons.